The number of halogens is 1. The number of carbonyl (C=O) groups is 1. The van der Waals surface area contributed by atoms with Gasteiger partial charge in [0.15, 0.2) is 0 Å². The molecule has 0 saturated carbocycles. The predicted octanol–water partition coefficient (Wildman–Crippen LogP) is 1.51. The van der Waals surface area contributed by atoms with Crippen molar-refractivity contribution in [1.29, 1.82) is 0 Å². The zero-order chi connectivity index (χ0) is 9.84. The number of hydrogen-bond acceptors (Lipinski definition) is 2. The van der Waals surface area contributed by atoms with Crippen LogP contribution < -0.4 is 11.1 Å². The molecule has 13 heavy (non-hydrogen) atoms. The Hall–Kier alpha value is -0.780. The summed E-state index contributed by atoms with van der Waals surface area (Å²) in [4.78, 5) is 10.6. The van der Waals surface area contributed by atoms with Crippen molar-refractivity contribution in [2.45, 2.75) is 13.5 Å². The van der Waals surface area contributed by atoms with Gasteiger partial charge in [-0.25, -0.2) is 0 Å². The summed E-state index contributed by atoms with van der Waals surface area (Å²) in [6, 6.07) is 5.72. The van der Waals surface area contributed by atoms with Crippen LogP contribution >= 0.6 is 22.6 Å². The maximum atomic E-state index is 10.6. The number of anilines is 1. The van der Waals surface area contributed by atoms with Crippen molar-refractivity contribution in [3.8, 4) is 0 Å². The van der Waals surface area contributed by atoms with Crippen LogP contribution in [0.25, 0.3) is 0 Å². The van der Waals surface area contributed by atoms with Gasteiger partial charge in [-0.1, -0.05) is 6.07 Å². The van der Waals surface area contributed by atoms with Gasteiger partial charge in [-0.3, -0.25) is 4.79 Å². The van der Waals surface area contributed by atoms with E-state index in [1.807, 2.05) is 18.2 Å². The Balaban J connectivity index is 2.68. The molecule has 0 aliphatic carbocycles. The molecule has 0 aromatic heterocycles. The molecule has 0 heterocycles. The fourth-order valence-corrected chi connectivity index (χ4v) is 1.49. The average molecular weight is 290 g/mol. The highest BCUT2D eigenvalue weighted by atomic mass is 127. The molecule has 0 bridgehead atoms. The zero-order valence-electron chi connectivity index (χ0n) is 7.30. The molecule has 1 aromatic carbocycles. The number of hydrogen-bond donors (Lipinski definition) is 2. The monoisotopic (exact) mass is 290 g/mol. The third-order valence-electron chi connectivity index (χ3n) is 1.61. The van der Waals surface area contributed by atoms with Crippen molar-refractivity contribution in [1.82, 2.24) is 5.32 Å². The highest BCUT2D eigenvalue weighted by Gasteiger charge is 1.98. The Morgan fingerprint density at radius 3 is 2.85 bits per heavy atom. The topological polar surface area (TPSA) is 55.1 Å². The minimum atomic E-state index is -0.0215. The SMILES string of the molecule is CC(=O)NCc1ccc(N)c(I)c1. The first kappa shape index (κ1) is 10.3. The fourth-order valence-electron chi connectivity index (χ4n) is 0.907. The van der Waals surface area contributed by atoms with Crippen LogP contribution in [0.4, 0.5) is 5.69 Å². The molecule has 0 unspecified atom stereocenters. The Morgan fingerprint density at radius 2 is 2.31 bits per heavy atom. The van der Waals surface area contributed by atoms with Gasteiger partial charge in [0.2, 0.25) is 5.91 Å². The summed E-state index contributed by atoms with van der Waals surface area (Å²) in [5.41, 5.74) is 7.48. The summed E-state index contributed by atoms with van der Waals surface area (Å²) >= 11 is 2.17. The molecule has 3 nitrogen and oxygen atoms in total. The maximum absolute atomic E-state index is 10.6. The van der Waals surface area contributed by atoms with E-state index in [4.69, 9.17) is 5.73 Å². The van der Waals surface area contributed by atoms with Crippen LogP contribution in [0.5, 0.6) is 0 Å². The first-order valence-electron chi connectivity index (χ1n) is 3.88. The lowest BCUT2D eigenvalue weighted by Crippen LogP contribution is -2.18. The Labute approximate surface area is 90.8 Å². The second-order valence-corrected chi connectivity index (χ2v) is 3.93. The number of benzene rings is 1. The summed E-state index contributed by atoms with van der Waals surface area (Å²) in [6.45, 7) is 2.06. The molecule has 0 spiro atoms. The van der Waals surface area contributed by atoms with Crippen LogP contribution in [-0.4, -0.2) is 5.91 Å². The van der Waals surface area contributed by atoms with E-state index in [0.717, 1.165) is 14.8 Å². The molecule has 4 heteroatoms. The summed E-state index contributed by atoms with van der Waals surface area (Å²) in [5.74, 6) is -0.0215. The minimum Gasteiger partial charge on any atom is -0.398 e. The summed E-state index contributed by atoms with van der Waals surface area (Å²) in [6.07, 6.45) is 0. The van der Waals surface area contributed by atoms with Crippen LogP contribution in [0.3, 0.4) is 0 Å². The Morgan fingerprint density at radius 1 is 1.62 bits per heavy atom. The van der Waals surface area contributed by atoms with Crippen molar-refractivity contribution in [3.63, 3.8) is 0 Å². The summed E-state index contributed by atoms with van der Waals surface area (Å²) in [5, 5.41) is 2.73. The first-order valence-corrected chi connectivity index (χ1v) is 4.96. The van der Waals surface area contributed by atoms with Gasteiger partial charge in [0, 0.05) is 22.7 Å². The lowest BCUT2D eigenvalue weighted by atomic mass is 10.2. The molecule has 0 atom stereocenters. The lowest BCUT2D eigenvalue weighted by molar-refractivity contribution is -0.119. The van der Waals surface area contributed by atoms with Gasteiger partial charge in [0.1, 0.15) is 0 Å². The number of nitrogen functional groups attached to an aromatic ring is 1. The number of rotatable bonds is 2. The predicted molar refractivity (Wildman–Crippen MR) is 61.1 cm³/mol. The van der Waals surface area contributed by atoms with Crippen LogP contribution in [0.15, 0.2) is 18.2 Å². The van der Waals surface area contributed by atoms with Crippen molar-refractivity contribution in [2.75, 3.05) is 5.73 Å². The number of amides is 1. The molecule has 0 aliphatic rings. The van der Waals surface area contributed by atoms with E-state index in [2.05, 4.69) is 27.9 Å². The highest BCUT2D eigenvalue weighted by Crippen LogP contribution is 2.15. The molecular formula is C9H11IN2O. The molecular weight excluding hydrogens is 279 g/mol. The third-order valence-corrected chi connectivity index (χ3v) is 2.54. The first-order chi connectivity index (χ1) is 6.09. The van der Waals surface area contributed by atoms with E-state index in [9.17, 15) is 4.79 Å². The lowest BCUT2D eigenvalue weighted by Gasteiger charge is -2.04. The van der Waals surface area contributed by atoms with Gasteiger partial charge in [-0.05, 0) is 40.3 Å². The molecule has 0 saturated heterocycles. The van der Waals surface area contributed by atoms with E-state index in [1.54, 1.807) is 0 Å². The molecule has 1 amide bonds. The maximum Gasteiger partial charge on any atom is 0.217 e. The van der Waals surface area contributed by atoms with Gasteiger partial charge in [0.05, 0.1) is 0 Å². The molecule has 70 valence electrons. The van der Waals surface area contributed by atoms with Gasteiger partial charge in [-0.2, -0.15) is 0 Å². The summed E-state index contributed by atoms with van der Waals surface area (Å²) in [7, 11) is 0. The largest absolute Gasteiger partial charge is 0.398 e. The van der Waals surface area contributed by atoms with Crippen molar-refractivity contribution < 1.29 is 4.79 Å². The molecule has 3 N–H and O–H groups in total. The van der Waals surface area contributed by atoms with E-state index in [-0.39, 0.29) is 5.91 Å². The number of nitrogens with one attached hydrogen (secondary N) is 1. The normalized spacial score (nSPS) is 9.69. The van der Waals surface area contributed by atoms with Crippen molar-refractivity contribution in [2.24, 2.45) is 0 Å². The quantitative estimate of drug-likeness (QED) is 0.641. The molecule has 0 aliphatic heterocycles. The van der Waals surface area contributed by atoms with Crippen molar-refractivity contribution >= 4 is 34.2 Å². The molecule has 1 aromatic rings. The van der Waals surface area contributed by atoms with E-state index in [1.165, 1.54) is 6.92 Å². The molecule has 0 fully saturated rings. The zero-order valence-corrected chi connectivity index (χ0v) is 9.46. The van der Waals surface area contributed by atoms with Gasteiger partial charge in [0.25, 0.3) is 0 Å². The van der Waals surface area contributed by atoms with Gasteiger partial charge in [-0.15, -0.1) is 0 Å². The Kier molecular flexibility index (Phi) is 3.53. The van der Waals surface area contributed by atoms with Gasteiger partial charge >= 0.3 is 0 Å². The minimum absolute atomic E-state index is 0.0215. The van der Waals surface area contributed by atoms with Gasteiger partial charge < -0.3 is 11.1 Å². The average Bonchev–Trinajstić information content (AvgIpc) is 2.07. The van der Waals surface area contributed by atoms with Crippen LogP contribution in [0, 0.1) is 3.57 Å². The molecule has 0 radical (unpaired) electrons. The standard InChI is InChI=1S/C9H11IN2O/c1-6(13)12-5-7-2-3-9(11)8(10)4-7/h2-4H,5,11H2,1H3,(H,12,13). The van der Waals surface area contributed by atoms with E-state index >= 15 is 0 Å². The fraction of sp³-hybridized carbons (Fsp3) is 0.222. The van der Waals surface area contributed by atoms with Crippen LogP contribution in [-0.2, 0) is 11.3 Å². The smallest absolute Gasteiger partial charge is 0.217 e. The third kappa shape index (κ3) is 3.22. The highest BCUT2D eigenvalue weighted by molar-refractivity contribution is 14.1. The van der Waals surface area contributed by atoms with Crippen LogP contribution in [0.2, 0.25) is 0 Å². The van der Waals surface area contributed by atoms with E-state index < -0.39 is 0 Å². The number of carbonyl (C=O) groups excluding carboxylic acids is 1. The summed E-state index contributed by atoms with van der Waals surface area (Å²) < 4.78 is 1.01. The van der Waals surface area contributed by atoms with Crippen LogP contribution in [0.1, 0.15) is 12.5 Å². The number of nitrogens with two attached hydrogens (primary N) is 1. The molecule has 1 rings (SSSR count). The Bertz CT molecular complexity index is 325. The van der Waals surface area contributed by atoms with E-state index in [0.29, 0.717) is 6.54 Å². The second-order valence-electron chi connectivity index (χ2n) is 2.77. The second kappa shape index (κ2) is 4.45. The van der Waals surface area contributed by atoms with Crippen molar-refractivity contribution in [3.05, 3.63) is 27.3 Å².